The summed E-state index contributed by atoms with van der Waals surface area (Å²) in [5.41, 5.74) is 0.470. The summed E-state index contributed by atoms with van der Waals surface area (Å²) in [6.45, 7) is 1.67. The molecule has 98 valence electrons. The molecule has 0 unspecified atom stereocenters. The van der Waals surface area contributed by atoms with Gasteiger partial charge >= 0.3 is 0 Å². The number of benzene rings is 1. The maximum absolute atomic E-state index is 11.9. The van der Waals surface area contributed by atoms with Gasteiger partial charge in [-0.05, 0) is 31.2 Å². The van der Waals surface area contributed by atoms with Gasteiger partial charge in [0.15, 0.2) is 11.3 Å². The van der Waals surface area contributed by atoms with E-state index in [1.54, 1.807) is 37.4 Å². The van der Waals surface area contributed by atoms with Crippen LogP contribution < -0.4 is 10.1 Å². The molecular weight excluding hydrogens is 264 g/mol. The lowest BCUT2D eigenvalue weighted by molar-refractivity contribution is -0.122. The molecule has 0 aliphatic carbocycles. The van der Waals surface area contributed by atoms with Gasteiger partial charge < -0.3 is 10.1 Å². The molecule has 19 heavy (non-hydrogen) atoms. The largest absolute Gasteiger partial charge is 0.481 e. The number of hydrogen-bond acceptors (Lipinski definition) is 3. The van der Waals surface area contributed by atoms with E-state index in [1.807, 2.05) is 18.2 Å². The molecule has 4 nitrogen and oxygen atoms in total. The molecule has 0 spiro atoms. The lowest BCUT2D eigenvalue weighted by Crippen LogP contribution is -2.30. The van der Waals surface area contributed by atoms with Crippen molar-refractivity contribution in [1.82, 2.24) is 4.98 Å². The Balaban J connectivity index is 1.99. The quantitative estimate of drug-likeness (QED) is 0.873. The van der Waals surface area contributed by atoms with E-state index in [0.29, 0.717) is 11.4 Å². The molecule has 0 bridgehead atoms. The van der Waals surface area contributed by atoms with Crippen molar-refractivity contribution < 1.29 is 9.53 Å². The fourth-order valence-electron chi connectivity index (χ4n) is 1.47. The minimum Gasteiger partial charge on any atom is -0.481 e. The van der Waals surface area contributed by atoms with Gasteiger partial charge in [0.1, 0.15) is 5.75 Å². The zero-order valence-electron chi connectivity index (χ0n) is 10.3. The normalized spacial score (nSPS) is 11.7. The van der Waals surface area contributed by atoms with Crippen LogP contribution in [0.4, 0.5) is 5.69 Å². The summed E-state index contributed by atoms with van der Waals surface area (Å²) in [5, 5.41) is 2.92. The molecule has 0 saturated carbocycles. The molecule has 2 aromatic rings. The fourth-order valence-corrected chi connectivity index (χ4v) is 1.64. The van der Waals surface area contributed by atoms with E-state index in [0.717, 1.165) is 0 Å². The van der Waals surface area contributed by atoms with E-state index in [4.69, 9.17) is 16.3 Å². The molecule has 0 radical (unpaired) electrons. The second kappa shape index (κ2) is 6.20. The summed E-state index contributed by atoms with van der Waals surface area (Å²) >= 11 is 5.87. The number of carbonyl (C=O) groups excluding carboxylic acids is 1. The molecule has 5 heteroatoms. The smallest absolute Gasteiger partial charge is 0.265 e. The summed E-state index contributed by atoms with van der Waals surface area (Å²) in [6, 6.07) is 12.5. The summed E-state index contributed by atoms with van der Waals surface area (Å²) in [6.07, 6.45) is 0.931. The van der Waals surface area contributed by atoms with Crippen LogP contribution in [0.3, 0.4) is 0 Å². The van der Waals surface area contributed by atoms with Gasteiger partial charge in [-0.25, -0.2) is 4.98 Å². The minimum atomic E-state index is -0.626. The van der Waals surface area contributed by atoms with Gasteiger partial charge in [-0.15, -0.1) is 0 Å². The number of para-hydroxylation sites is 1. The molecule has 0 aliphatic heterocycles. The van der Waals surface area contributed by atoms with Gasteiger partial charge in [0.25, 0.3) is 5.91 Å². The zero-order valence-corrected chi connectivity index (χ0v) is 11.1. The van der Waals surface area contributed by atoms with Crippen molar-refractivity contribution in [3.8, 4) is 5.75 Å². The Labute approximate surface area is 116 Å². The Morgan fingerprint density at radius 3 is 2.68 bits per heavy atom. The third kappa shape index (κ3) is 3.69. The Morgan fingerprint density at radius 2 is 2.00 bits per heavy atom. The number of ether oxygens (including phenoxy) is 1. The highest BCUT2D eigenvalue weighted by molar-refractivity contribution is 6.32. The van der Waals surface area contributed by atoms with E-state index < -0.39 is 6.10 Å². The molecule has 1 heterocycles. The number of rotatable bonds is 4. The van der Waals surface area contributed by atoms with Crippen LogP contribution in [0.1, 0.15) is 6.92 Å². The predicted octanol–water partition coefficient (Wildman–Crippen LogP) is 3.14. The van der Waals surface area contributed by atoms with Crippen molar-refractivity contribution in [3.63, 3.8) is 0 Å². The number of anilines is 1. The summed E-state index contributed by atoms with van der Waals surface area (Å²) in [4.78, 5) is 15.8. The van der Waals surface area contributed by atoms with Crippen LogP contribution in [0.15, 0.2) is 48.7 Å². The summed E-state index contributed by atoms with van der Waals surface area (Å²) < 4.78 is 5.51. The third-order valence-corrected chi connectivity index (χ3v) is 2.74. The SMILES string of the molecule is C[C@H](Oc1ccccc1)C(=O)Nc1cccnc1Cl. The average molecular weight is 277 g/mol. The van der Waals surface area contributed by atoms with Crippen molar-refractivity contribution in [3.05, 3.63) is 53.8 Å². The van der Waals surface area contributed by atoms with Crippen molar-refractivity contribution >= 4 is 23.2 Å². The lowest BCUT2D eigenvalue weighted by atomic mass is 10.3. The van der Waals surface area contributed by atoms with Crippen molar-refractivity contribution in [2.24, 2.45) is 0 Å². The van der Waals surface area contributed by atoms with Gasteiger partial charge in [-0.3, -0.25) is 4.79 Å². The zero-order chi connectivity index (χ0) is 13.7. The van der Waals surface area contributed by atoms with Crippen LogP contribution in [-0.4, -0.2) is 17.0 Å². The van der Waals surface area contributed by atoms with Gasteiger partial charge in [0.05, 0.1) is 5.69 Å². The van der Waals surface area contributed by atoms with E-state index >= 15 is 0 Å². The molecule has 1 amide bonds. The number of carbonyl (C=O) groups is 1. The van der Waals surface area contributed by atoms with Crippen LogP contribution in [0.2, 0.25) is 5.15 Å². The third-order valence-electron chi connectivity index (χ3n) is 2.44. The Morgan fingerprint density at radius 1 is 1.26 bits per heavy atom. The number of nitrogens with zero attached hydrogens (tertiary/aromatic N) is 1. The molecule has 2 rings (SSSR count). The van der Waals surface area contributed by atoms with E-state index in [2.05, 4.69) is 10.3 Å². The Hall–Kier alpha value is -2.07. The fraction of sp³-hybridized carbons (Fsp3) is 0.143. The highest BCUT2D eigenvalue weighted by Crippen LogP contribution is 2.18. The van der Waals surface area contributed by atoms with Crippen LogP contribution in [0.5, 0.6) is 5.75 Å². The van der Waals surface area contributed by atoms with Gasteiger partial charge in [-0.2, -0.15) is 0 Å². The molecule has 1 atom stereocenters. The number of hydrogen-bond donors (Lipinski definition) is 1. The lowest BCUT2D eigenvalue weighted by Gasteiger charge is -2.14. The number of pyridine rings is 1. The first-order valence-electron chi connectivity index (χ1n) is 5.80. The molecular formula is C14H13ClN2O2. The van der Waals surface area contributed by atoms with Crippen LogP contribution in [0.25, 0.3) is 0 Å². The van der Waals surface area contributed by atoms with Crippen molar-refractivity contribution in [2.45, 2.75) is 13.0 Å². The maximum Gasteiger partial charge on any atom is 0.265 e. The maximum atomic E-state index is 11.9. The van der Waals surface area contributed by atoms with Crippen molar-refractivity contribution in [1.29, 1.82) is 0 Å². The highest BCUT2D eigenvalue weighted by atomic mass is 35.5. The predicted molar refractivity (Wildman–Crippen MR) is 74.4 cm³/mol. The van der Waals surface area contributed by atoms with Crippen LogP contribution in [-0.2, 0) is 4.79 Å². The minimum absolute atomic E-state index is 0.253. The number of halogens is 1. The molecule has 0 fully saturated rings. The summed E-state index contributed by atoms with van der Waals surface area (Å²) in [5.74, 6) is 0.362. The topological polar surface area (TPSA) is 51.2 Å². The Bertz CT molecular complexity index is 560. The number of aromatic nitrogens is 1. The van der Waals surface area contributed by atoms with E-state index in [-0.39, 0.29) is 11.1 Å². The standard InChI is InChI=1S/C14H13ClN2O2/c1-10(19-11-6-3-2-4-7-11)14(18)17-12-8-5-9-16-13(12)15/h2-10H,1H3,(H,17,18)/t10-/m0/s1. The molecule has 1 N–H and O–H groups in total. The highest BCUT2D eigenvalue weighted by Gasteiger charge is 2.15. The second-order valence-corrected chi connectivity index (χ2v) is 4.26. The molecule has 1 aromatic heterocycles. The average Bonchev–Trinajstić information content (AvgIpc) is 2.42. The van der Waals surface area contributed by atoms with E-state index in [9.17, 15) is 4.79 Å². The Kier molecular flexibility index (Phi) is 4.36. The van der Waals surface area contributed by atoms with E-state index in [1.165, 1.54) is 0 Å². The van der Waals surface area contributed by atoms with Crippen LogP contribution in [0, 0.1) is 0 Å². The number of nitrogens with one attached hydrogen (secondary N) is 1. The monoisotopic (exact) mass is 276 g/mol. The molecule has 0 aliphatic rings. The van der Waals surface area contributed by atoms with Gasteiger partial charge in [-0.1, -0.05) is 29.8 Å². The first-order chi connectivity index (χ1) is 9.16. The number of amides is 1. The van der Waals surface area contributed by atoms with Crippen molar-refractivity contribution in [2.75, 3.05) is 5.32 Å². The van der Waals surface area contributed by atoms with Crippen LogP contribution >= 0.6 is 11.6 Å². The summed E-state index contributed by atoms with van der Waals surface area (Å²) in [7, 11) is 0. The van der Waals surface area contributed by atoms with Gasteiger partial charge in [0, 0.05) is 6.20 Å². The molecule has 1 aromatic carbocycles. The second-order valence-electron chi connectivity index (χ2n) is 3.90. The first-order valence-corrected chi connectivity index (χ1v) is 6.17. The molecule has 0 saturated heterocycles. The first kappa shape index (κ1) is 13.4. The van der Waals surface area contributed by atoms with Gasteiger partial charge in [0.2, 0.25) is 0 Å².